The Hall–Kier alpha value is -0.570. The van der Waals surface area contributed by atoms with Crippen LogP contribution in [0.2, 0.25) is 0 Å². The lowest BCUT2D eigenvalue weighted by Gasteiger charge is -2.06. The third-order valence-electron chi connectivity index (χ3n) is 2.99. The van der Waals surface area contributed by atoms with Gasteiger partial charge in [-0.05, 0) is 31.5 Å². The number of aryl methyl sites for hydroxylation is 1. The van der Waals surface area contributed by atoms with E-state index in [-0.39, 0.29) is 0 Å². The van der Waals surface area contributed by atoms with E-state index in [9.17, 15) is 0 Å². The largest absolute Gasteiger partial charge is 0.337 e. The molecule has 0 spiro atoms. The van der Waals surface area contributed by atoms with Crippen LogP contribution in [0.4, 0.5) is 0 Å². The first-order valence-corrected chi connectivity index (χ1v) is 6.77. The molecule has 1 heterocycles. The average molecular weight is 240 g/mol. The number of unbranched alkanes of at least 4 members (excludes halogenated alkanes) is 3. The highest BCUT2D eigenvalue weighted by atomic mass is 32.1. The number of nitrogens with zero attached hydrogens (tertiary/aromatic N) is 1. The second kappa shape index (κ2) is 6.89. The molecular weight excluding hydrogens is 216 g/mol. The summed E-state index contributed by atoms with van der Waals surface area (Å²) in [4.78, 5) is 3.08. The van der Waals surface area contributed by atoms with E-state index in [0.717, 1.165) is 17.2 Å². The second-order valence-corrected chi connectivity index (χ2v) is 5.37. The first-order chi connectivity index (χ1) is 7.61. The van der Waals surface area contributed by atoms with Gasteiger partial charge >= 0.3 is 0 Å². The Morgan fingerprint density at radius 3 is 2.50 bits per heavy atom. The Labute approximate surface area is 104 Å². The van der Waals surface area contributed by atoms with Gasteiger partial charge in [0.15, 0.2) is 4.77 Å². The van der Waals surface area contributed by atoms with Gasteiger partial charge in [-0.3, -0.25) is 0 Å². The maximum absolute atomic E-state index is 5.22. The van der Waals surface area contributed by atoms with Gasteiger partial charge in [0.1, 0.15) is 0 Å². The van der Waals surface area contributed by atoms with E-state index in [4.69, 9.17) is 12.2 Å². The molecule has 3 heteroatoms. The molecule has 0 aliphatic rings. The van der Waals surface area contributed by atoms with Crippen LogP contribution in [-0.2, 0) is 6.54 Å². The maximum atomic E-state index is 5.22. The first kappa shape index (κ1) is 13.5. The van der Waals surface area contributed by atoms with Crippen LogP contribution in [0, 0.1) is 17.6 Å². The number of hydrogen-bond donors (Lipinski definition) is 1. The Morgan fingerprint density at radius 1 is 1.25 bits per heavy atom. The van der Waals surface area contributed by atoms with Crippen molar-refractivity contribution in [2.24, 2.45) is 5.92 Å². The molecule has 0 radical (unpaired) electrons. The number of imidazole rings is 1. The summed E-state index contributed by atoms with van der Waals surface area (Å²) in [5.41, 5.74) is 1.24. The zero-order chi connectivity index (χ0) is 12.0. The maximum Gasteiger partial charge on any atom is 0.177 e. The van der Waals surface area contributed by atoms with Crippen LogP contribution < -0.4 is 0 Å². The molecule has 0 fully saturated rings. The van der Waals surface area contributed by atoms with Crippen molar-refractivity contribution in [3.63, 3.8) is 0 Å². The molecular formula is C13H24N2S. The minimum Gasteiger partial charge on any atom is -0.337 e. The number of H-pyrrole nitrogens is 1. The van der Waals surface area contributed by atoms with Gasteiger partial charge in [0.25, 0.3) is 0 Å². The Morgan fingerprint density at radius 2 is 1.94 bits per heavy atom. The van der Waals surface area contributed by atoms with Crippen LogP contribution in [0.5, 0.6) is 0 Å². The summed E-state index contributed by atoms with van der Waals surface area (Å²) in [6, 6.07) is 0. The van der Waals surface area contributed by atoms with Gasteiger partial charge in [0.05, 0.1) is 0 Å². The third-order valence-corrected chi connectivity index (χ3v) is 3.33. The van der Waals surface area contributed by atoms with Crippen molar-refractivity contribution in [2.75, 3.05) is 0 Å². The molecule has 92 valence electrons. The Bertz CT molecular complexity index is 349. The van der Waals surface area contributed by atoms with Gasteiger partial charge in [-0.2, -0.15) is 0 Å². The summed E-state index contributed by atoms with van der Waals surface area (Å²) < 4.78 is 3.05. The van der Waals surface area contributed by atoms with E-state index in [1.165, 1.54) is 37.8 Å². The van der Waals surface area contributed by atoms with Gasteiger partial charge in [0, 0.05) is 18.4 Å². The number of aromatic amines is 1. The lowest BCUT2D eigenvalue weighted by atomic mass is 10.0. The second-order valence-electron chi connectivity index (χ2n) is 4.98. The van der Waals surface area contributed by atoms with E-state index in [1.54, 1.807) is 0 Å². The number of hydrogen-bond acceptors (Lipinski definition) is 1. The number of nitrogens with one attached hydrogen (secondary N) is 1. The summed E-state index contributed by atoms with van der Waals surface area (Å²) in [7, 11) is 0. The minimum atomic E-state index is 0.848. The standard InChI is InChI=1S/C13H24N2S/c1-11(2)8-6-4-5-7-9-15-12(3)10-14-13(15)16/h10-11H,4-9H2,1-3H3,(H,14,16). The van der Waals surface area contributed by atoms with E-state index in [2.05, 4.69) is 30.3 Å². The zero-order valence-electron chi connectivity index (χ0n) is 10.8. The molecule has 0 saturated carbocycles. The SMILES string of the molecule is Cc1c[nH]c(=S)n1CCCCCCC(C)C. The van der Waals surface area contributed by atoms with Crippen molar-refractivity contribution in [1.29, 1.82) is 0 Å². The van der Waals surface area contributed by atoms with Gasteiger partial charge in [-0.1, -0.05) is 39.5 Å². The summed E-state index contributed by atoms with van der Waals surface area (Å²) >= 11 is 5.22. The van der Waals surface area contributed by atoms with Crippen molar-refractivity contribution < 1.29 is 0 Å². The fourth-order valence-electron chi connectivity index (χ4n) is 1.94. The van der Waals surface area contributed by atoms with Crippen molar-refractivity contribution in [2.45, 2.75) is 59.4 Å². The van der Waals surface area contributed by atoms with Crippen molar-refractivity contribution in [3.8, 4) is 0 Å². The van der Waals surface area contributed by atoms with Crippen molar-refractivity contribution >= 4 is 12.2 Å². The lowest BCUT2D eigenvalue weighted by molar-refractivity contribution is 0.503. The molecule has 16 heavy (non-hydrogen) atoms. The molecule has 2 nitrogen and oxygen atoms in total. The van der Waals surface area contributed by atoms with Crippen molar-refractivity contribution in [3.05, 3.63) is 16.7 Å². The molecule has 1 rings (SSSR count). The number of aromatic nitrogens is 2. The molecule has 0 aliphatic heterocycles. The average Bonchev–Trinajstić information content (AvgIpc) is 2.53. The van der Waals surface area contributed by atoms with Gasteiger partial charge in [-0.15, -0.1) is 0 Å². The normalized spacial score (nSPS) is 11.2. The van der Waals surface area contributed by atoms with Crippen LogP contribution in [0.15, 0.2) is 6.20 Å². The lowest BCUT2D eigenvalue weighted by Crippen LogP contribution is -2.00. The molecule has 0 bridgehead atoms. The fourth-order valence-corrected chi connectivity index (χ4v) is 2.23. The molecule has 0 aromatic carbocycles. The van der Waals surface area contributed by atoms with Crippen LogP contribution in [0.1, 0.15) is 51.6 Å². The monoisotopic (exact) mass is 240 g/mol. The summed E-state index contributed by atoms with van der Waals surface area (Å²) in [5.74, 6) is 0.848. The van der Waals surface area contributed by atoms with Crippen LogP contribution in [0.3, 0.4) is 0 Å². The topological polar surface area (TPSA) is 20.7 Å². The highest BCUT2D eigenvalue weighted by Gasteiger charge is 1.99. The van der Waals surface area contributed by atoms with Crippen LogP contribution in [-0.4, -0.2) is 9.55 Å². The number of rotatable bonds is 7. The minimum absolute atomic E-state index is 0.848. The highest BCUT2D eigenvalue weighted by molar-refractivity contribution is 7.71. The molecule has 0 amide bonds. The predicted molar refractivity (Wildman–Crippen MR) is 72.3 cm³/mol. The Kier molecular flexibility index (Phi) is 5.81. The van der Waals surface area contributed by atoms with Gasteiger partial charge < -0.3 is 9.55 Å². The smallest absolute Gasteiger partial charge is 0.177 e. The summed E-state index contributed by atoms with van der Waals surface area (Å²) in [6.45, 7) is 7.76. The van der Waals surface area contributed by atoms with Crippen LogP contribution >= 0.6 is 12.2 Å². The quantitative estimate of drug-likeness (QED) is 0.551. The predicted octanol–water partition coefficient (Wildman–Crippen LogP) is 4.46. The summed E-state index contributed by atoms with van der Waals surface area (Å²) in [6.07, 6.45) is 8.64. The molecule has 0 atom stereocenters. The Balaban J connectivity index is 2.14. The van der Waals surface area contributed by atoms with Gasteiger partial charge in [-0.25, -0.2) is 0 Å². The molecule has 1 aromatic rings. The van der Waals surface area contributed by atoms with E-state index in [0.29, 0.717) is 0 Å². The molecule has 0 saturated heterocycles. The molecule has 1 aromatic heterocycles. The highest BCUT2D eigenvalue weighted by Crippen LogP contribution is 2.10. The first-order valence-electron chi connectivity index (χ1n) is 6.36. The third kappa shape index (κ3) is 4.52. The molecule has 1 N–H and O–H groups in total. The molecule has 0 unspecified atom stereocenters. The van der Waals surface area contributed by atoms with E-state index >= 15 is 0 Å². The molecule has 0 aliphatic carbocycles. The van der Waals surface area contributed by atoms with E-state index < -0.39 is 0 Å². The van der Waals surface area contributed by atoms with Crippen molar-refractivity contribution in [1.82, 2.24) is 9.55 Å². The van der Waals surface area contributed by atoms with Crippen LogP contribution in [0.25, 0.3) is 0 Å². The van der Waals surface area contributed by atoms with Gasteiger partial charge in [0.2, 0.25) is 0 Å². The zero-order valence-corrected chi connectivity index (χ0v) is 11.6. The summed E-state index contributed by atoms with van der Waals surface area (Å²) in [5, 5.41) is 0. The fraction of sp³-hybridized carbons (Fsp3) is 0.769. The van der Waals surface area contributed by atoms with E-state index in [1.807, 2.05) is 6.20 Å².